The van der Waals surface area contributed by atoms with Crippen LogP contribution in [0.3, 0.4) is 0 Å². The van der Waals surface area contributed by atoms with Crippen molar-refractivity contribution in [3.63, 3.8) is 0 Å². The molecule has 3 rings (SSSR count). The van der Waals surface area contributed by atoms with Crippen LogP contribution in [0.2, 0.25) is 0 Å². The fourth-order valence-electron chi connectivity index (χ4n) is 3.06. The van der Waals surface area contributed by atoms with Gasteiger partial charge in [0.15, 0.2) is 0 Å². The first-order chi connectivity index (χ1) is 15.0. The summed E-state index contributed by atoms with van der Waals surface area (Å²) in [7, 11) is 0. The fourth-order valence-corrected chi connectivity index (χ4v) is 3.06. The molecule has 0 aliphatic rings. The Hall–Kier alpha value is -3.43. The van der Waals surface area contributed by atoms with Crippen molar-refractivity contribution in [3.05, 3.63) is 65.2 Å². The van der Waals surface area contributed by atoms with Crippen LogP contribution in [0.15, 0.2) is 42.6 Å². The number of pyridine rings is 1. The zero-order valence-electron chi connectivity index (χ0n) is 17.5. The number of amides is 2. The number of aromatic nitrogens is 2. The average Bonchev–Trinajstić information content (AvgIpc) is 3.08. The molecule has 170 valence electrons. The van der Waals surface area contributed by atoms with Gasteiger partial charge in [-0.05, 0) is 35.7 Å². The lowest BCUT2D eigenvalue weighted by molar-refractivity contribution is -0.140. The Morgan fingerprint density at radius 2 is 1.84 bits per heavy atom. The minimum Gasteiger partial charge on any atom is -0.356 e. The van der Waals surface area contributed by atoms with E-state index in [-0.39, 0.29) is 24.3 Å². The van der Waals surface area contributed by atoms with Crippen molar-refractivity contribution in [2.45, 2.75) is 32.9 Å². The summed E-state index contributed by atoms with van der Waals surface area (Å²) >= 11 is 0. The van der Waals surface area contributed by atoms with E-state index in [2.05, 4.69) is 15.6 Å². The molecule has 0 spiro atoms. The highest BCUT2D eigenvalue weighted by molar-refractivity contribution is 5.91. The maximum Gasteiger partial charge on any atom is 0.419 e. The van der Waals surface area contributed by atoms with Gasteiger partial charge < -0.3 is 10.6 Å². The molecule has 0 bridgehead atoms. The van der Waals surface area contributed by atoms with Gasteiger partial charge in [0.05, 0.1) is 24.1 Å². The lowest BCUT2D eigenvalue weighted by atomic mass is 10.1. The minimum absolute atomic E-state index is 0.0760. The third kappa shape index (κ3) is 5.83. The molecule has 1 aromatic carbocycles. The third-order valence-electron chi connectivity index (χ3n) is 4.56. The second kappa shape index (κ2) is 9.37. The smallest absolute Gasteiger partial charge is 0.356 e. The predicted molar refractivity (Wildman–Crippen MR) is 110 cm³/mol. The molecule has 2 aromatic heterocycles. The van der Waals surface area contributed by atoms with Crippen molar-refractivity contribution in [2.24, 2.45) is 5.92 Å². The molecule has 2 amide bonds. The molecule has 0 fully saturated rings. The van der Waals surface area contributed by atoms with Crippen LogP contribution in [0.4, 0.5) is 23.4 Å². The normalized spacial score (nSPS) is 11.7. The van der Waals surface area contributed by atoms with E-state index in [1.807, 2.05) is 13.8 Å². The van der Waals surface area contributed by atoms with Gasteiger partial charge in [0, 0.05) is 12.7 Å². The molecule has 0 radical (unpaired) electrons. The van der Waals surface area contributed by atoms with E-state index in [1.165, 1.54) is 0 Å². The van der Waals surface area contributed by atoms with Crippen LogP contribution in [0.5, 0.6) is 0 Å². The summed E-state index contributed by atoms with van der Waals surface area (Å²) in [5.74, 6) is -1.46. The number of benzene rings is 1. The molecule has 0 aliphatic carbocycles. The standard InChI is InChI=1S/C22H22F4N4O2/c1-13(2)11-27-20(31)10-15-12-30-18(28-15)4-3-5-19(30)29-21(32)9-14-6-7-16(17(23)8-14)22(24,25)26/h3-8,12-13H,9-11H2,1-2H3,(H,27,31)(H,29,32). The van der Waals surface area contributed by atoms with Crippen LogP contribution in [0.1, 0.15) is 30.7 Å². The molecular formula is C22H22F4N4O2. The number of nitrogens with zero attached hydrogens (tertiary/aromatic N) is 2. The van der Waals surface area contributed by atoms with Gasteiger partial charge in [0.2, 0.25) is 11.8 Å². The van der Waals surface area contributed by atoms with Crippen molar-refractivity contribution in [3.8, 4) is 0 Å². The van der Waals surface area contributed by atoms with Gasteiger partial charge in [0.1, 0.15) is 17.3 Å². The van der Waals surface area contributed by atoms with Crippen molar-refractivity contribution < 1.29 is 27.2 Å². The first-order valence-electron chi connectivity index (χ1n) is 9.92. The Balaban J connectivity index is 1.70. The number of hydrogen-bond acceptors (Lipinski definition) is 3. The van der Waals surface area contributed by atoms with Crippen LogP contribution in [-0.4, -0.2) is 27.7 Å². The van der Waals surface area contributed by atoms with Crippen LogP contribution in [0.25, 0.3) is 5.65 Å². The van der Waals surface area contributed by atoms with Crippen LogP contribution < -0.4 is 10.6 Å². The first-order valence-corrected chi connectivity index (χ1v) is 9.92. The molecule has 10 heteroatoms. The van der Waals surface area contributed by atoms with E-state index >= 15 is 0 Å². The lowest BCUT2D eigenvalue weighted by Gasteiger charge is -2.10. The summed E-state index contributed by atoms with van der Waals surface area (Å²) < 4.78 is 53.4. The average molecular weight is 450 g/mol. The molecule has 3 aromatic rings. The Morgan fingerprint density at radius 1 is 1.09 bits per heavy atom. The molecule has 0 aliphatic heterocycles. The maximum atomic E-state index is 13.7. The summed E-state index contributed by atoms with van der Waals surface area (Å²) in [5, 5.41) is 5.45. The SMILES string of the molecule is CC(C)CNC(=O)Cc1cn2c(NC(=O)Cc3ccc(C(F)(F)F)c(F)c3)cccc2n1. The number of imidazole rings is 1. The Bertz CT molecular complexity index is 1140. The van der Waals surface area contributed by atoms with Crippen molar-refractivity contribution >= 4 is 23.3 Å². The molecule has 0 unspecified atom stereocenters. The van der Waals surface area contributed by atoms with Crippen LogP contribution in [0, 0.1) is 11.7 Å². The number of rotatable bonds is 7. The number of hydrogen-bond donors (Lipinski definition) is 2. The molecule has 2 heterocycles. The van der Waals surface area contributed by atoms with E-state index in [0.29, 0.717) is 41.8 Å². The summed E-state index contributed by atoms with van der Waals surface area (Å²) in [6.07, 6.45) is -3.42. The van der Waals surface area contributed by atoms with E-state index < -0.39 is 23.5 Å². The quantitative estimate of drug-likeness (QED) is 0.535. The van der Waals surface area contributed by atoms with Gasteiger partial charge >= 0.3 is 6.18 Å². The highest BCUT2D eigenvalue weighted by Crippen LogP contribution is 2.31. The number of carbonyl (C=O) groups excluding carboxylic acids is 2. The second-order valence-corrected chi connectivity index (χ2v) is 7.78. The summed E-state index contributed by atoms with van der Waals surface area (Å²) in [6.45, 7) is 4.52. The zero-order valence-corrected chi connectivity index (χ0v) is 17.5. The highest BCUT2D eigenvalue weighted by Gasteiger charge is 2.33. The molecule has 6 nitrogen and oxygen atoms in total. The van der Waals surface area contributed by atoms with Crippen LogP contribution >= 0.6 is 0 Å². The Labute approximate surface area is 181 Å². The molecule has 2 N–H and O–H groups in total. The second-order valence-electron chi connectivity index (χ2n) is 7.78. The van der Waals surface area contributed by atoms with E-state index in [1.54, 1.807) is 28.8 Å². The van der Waals surface area contributed by atoms with Gasteiger partial charge in [-0.25, -0.2) is 9.37 Å². The number of alkyl halides is 3. The Morgan fingerprint density at radius 3 is 2.50 bits per heavy atom. The minimum atomic E-state index is -4.80. The molecular weight excluding hydrogens is 428 g/mol. The topological polar surface area (TPSA) is 75.5 Å². The zero-order chi connectivity index (χ0) is 23.5. The number of halogens is 4. The Kier molecular flexibility index (Phi) is 6.81. The molecule has 0 atom stereocenters. The number of anilines is 1. The monoisotopic (exact) mass is 450 g/mol. The van der Waals surface area contributed by atoms with Crippen molar-refractivity contribution in [2.75, 3.05) is 11.9 Å². The number of fused-ring (bicyclic) bond motifs is 1. The van der Waals surface area contributed by atoms with Crippen molar-refractivity contribution in [1.82, 2.24) is 14.7 Å². The van der Waals surface area contributed by atoms with E-state index in [0.717, 1.165) is 6.07 Å². The highest BCUT2D eigenvalue weighted by atomic mass is 19.4. The van der Waals surface area contributed by atoms with E-state index in [4.69, 9.17) is 0 Å². The van der Waals surface area contributed by atoms with Gasteiger partial charge in [-0.1, -0.05) is 26.0 Å². The van der Waals surface area contributed by atoms with Gasteiger partial charge in [-0.3, -0.25) is 14.0 Å². The molecule has 32 heavy (non-hydrogen) atoms. The van der Waals surface area contributed by atoms with E-state index in [9.17, 15) is 27.2 Å². The van der Waals surface area contributed by atoms with Crippen molar-refractivity contribution in [1.29, 1.82) is 0 Å². The predicted octanol–water partition coefficient (Wildman–Crippen LogP) is 3.99. The lowest BCUT2D eigenvalue weighted by Crippen LogP contribution is -2.28. The number of carbonyl (C=O) groups is 2. The fraction of sp³-hybridized carbons (Fsp3) is 0.318. The number of nitrogens with one attached hydrogen (secondary N) is 2. The summed E-state index contributed by atoms with van der Waals surface area (Å²) in [5.41, 5.74) is -0.254. The van der Waals surface area contributed by atoms with Gasteiger partial charge in [-0.15, -0.1) is 0 Å². The molecule has 0 saturated carbocycles. The van der Waals surface area contributed by atoms with Gasteiger partial charge in [-0.2, -0.15) is 13.2 Å². The maximum absolute atomic E-state index is 13.7. The largest absolute Gasteiger partial charge is 0.419 e. The van der Waals surface area contributed by atoms with Gasteiger partial charge in [0.25, 0.3) is 0 Å². The van der Waals surface area contributed by atoms with Crippen LogP contribution in [-0.2, 0) is 28.6 Å². The summed E-state index contributed by atoms with van der Waals surface area (Å²) in [4.78, 5) is 28.8. The first kappa shape index (κ1) is 23.2. The molecule has 0 saturated heterocycles. The third-order valence-corrected chi connectivity index (χ3v) is 4.56. The summed E-state index contributed by atoms with van der Waals surface area (Å²) in [6, 6.07) is 7.37.